The predicted octanol–water partition coefficient (Wildman–Crippen LogP) is 4.96. The lowest BCUT2D eigenvalue weighted by Crippen LogP contribution is -2.33. The third-order valence-corrected chi connectivity index (χ3v) is 7.87. The summed E-state index contributed by atoms with van der Waals surface area (Å²) in [5, 5.41) is 7.32. The molecule has 4 heterocycles. The van der Waals surface area contributed by atoms with Crippen molar-refractivity contribution in [2.75, 3.05) is 6.54 Å². The van der Waals surface area contributed by atoms with Crippen LogP contribution in [0.1, 0.15) is 38.1 Å². The molecule has 5 nitrogen and oxygen atoms in total. The molecule has 4 aromatic rings. The molecule has 0 unspecified atom stereocenters. The summed E-state index contributed by atoms with van der Waals surface area (Å²) in [6, 6.07) is 15.8. The van der Waals surface area contributed by atoms with Gasteiger partial charge in [-0.3, -0.25) is 14.6 Å². The van der Waals surface area contributed by atoms with E-state index in [1.807, 2.05) is 31.2 Å². The van der Waals surface area contributed by atoms with Crippen LogP contribution < -0.4 is 10.7 Å². The molecule has 1 aliphatic rings. The standard InChI is InChI=1S/C26H23N3O2S2/c1-17-14-22(30)25(26(31)28-12-8-18-6-10-27-11-7-18)21-15-24(19-9-13-32-16-19)33-23-5-3-2-4-20(23)29(17)21/h2-7,9-11,13-14,16,24H,8,12,15H2,1H3,(H,28,31)/t24-/m0/s1. The Bertz CT molecular complexity index is 1350. The first-order valence-corrected chi connectivity index (χ1v) is 12.6. The number of benzene rings is 1. The van der Waals surface area contributed by atoms with Crippen LogP contribution in [0.25, 0.3) is 5.69 Å². The smallest absolute Gasteiger partial charge is 0.257 e. The Labute approximate surface area is 200 Å². The Hall–Kier alpha value is -3.16. The van der Waals surface area contributed by atoms with Crippen LogP contribution >= 0.6 is 23.1 Å². The first kappa shape index (κ1) is 21.7. The average molecular weight is 474 g/mol. The Balaban J connectivity index is 1.55. The van der Waals surface area contributed by atoms with Crippen LogP contribution in [0.3, 0.4) is 0 Å². The van der Waals surface area contributed by atoms with Gasteiger partial charge in [-0.05, 0) is 65.6 Å². The maximum Gasteiger partial charge on any atom is 0.257 e. The van der Waals surface area contributed by atoms with Crippen molar-refractivity contribution in [1.29, 1.82) is 0 Å². The van der Waals surface area contributed by atoms with E-state index in [2.05, 4.69) is 43.8 Å². The van der Waals surface area contributed by atoms with Gasteiger partial charge < -0.3 is 9.88 Å². The minimum Gasteiger partial charge on any atom is -0.352 e. The highest BCUT2D eigenvalue weighted by Gasteiger charge is 2.29. The molecular formula is C26H23N3O2S2. The van der Waals surface area contributed by atoms with Gasteiger partial charge in [-0.25, -0.2) is 0 Å². The number of pyridine rings is 2. The number of nitrogens with one attached hydrogen (secondary N) is 1. The summed E-state index contributed by atoms with van der Waals surface area (Å²) in [6.45, 7) is 2.39. The lowest BCUT2D eigenvalue weighted by atomic mass is 10.0. The molecule has 166 valence electrons. The molecule has 7 heteroatoms. The number of hydrogen-bond donors (Lipinski definition) is 1. The molecule has 1 aromatic carbocycles. The predicted molar refractivity (Wildman–Crippen MR) is 134 cm³/mol. The second-order valence-electron chi connectivity index (χ2n) is 8.00. The van der Waals surface area contributed by atoms with Gasteiger partial charge in [0, 0.05) is 53.0 Å². The second-order valence-corrected chi connectivity index (χ2v) is 10.0. The van der Waals surface area contributed by atoms with Crippen LogP contribution in [0, 0.1) is 6.92 Å². The SMILES string of the molecule is Cc1cc(=O)c(C(=O)NCCc2ccncc2)c2n1-c1ccccc1S[C@H](c1ccsc1)C2. The Kier molecular flexibility index (Phi) is 6.15. The molecule has 0 aliphatic carbocycles. The molecule has 1 aliphatic heterocycles. The fourth-order valence-electron chi connectivity index (χ4n) is 4.28. The third kappa shape index (κ3) is 4.38. The van der Waals surface area contributed by atoms with E-state index in [-0.39, 0.29) is 22.1 Å². The van der Waals surface area contributed by atoms with Gasteiger partial charge in [0.05, 0.1) is 5.69 Å². The minimum absolute atomic E-state index is 0.121. The molecule has 0 fully saturated rings. The Morgan fingerprint density at radius 3 is 2.79 bits per heavy atom. The number of carbonyl (C=O) groups excluding carboxylic acids is 1. The molecule has 3 aromatic heterocycles. The number of carbonyl (C=O) groups is 1. The van der Waals surface area contributed by atoms with Crippen molar-refractivity contribution in [3.05, 3.63) is 110 Å². The zero-order valence-corrected chi connectivity index (χ0v) is 19.8. The number of thiophene rings is 1. The van der Waals surface area contributed by atoms with Crippen LogP contribution in [-0.2, 0) is 12.8 Å². The number of thioether (sulfide) groups is 1. The molecule has 0 spiro atoms. The highest BCUT2D eigenvalue weighted by molar-refractivity contribution is 7.99. The molecular weight excluding hydrogens is 450 g/mol. The Morgan fingerprint density at radius 2 is 2.00 bits per heavy atom. The molecule has 33 heavy (non-hydrogen) atoms. The van der Waals surface area contributed by atoms with Crippen LogP contribution in [0.2, 0.25) is 0 Å². The zero-order chi connectivity index (χ0) is 22.8. The van der Waals surface area contributed by atoms with E-state index in [4.69, 9.17) is 0 Å². The number of para-hydroxylation sites is 1. The largest absolute Gasteiger partial charge is 0.352 e. The molecule has 0 bridgehead atoms. The van der Waals surface area contributed by atoms with Crippen LogP contribution in [0.15, 0.2) is 81.4 Å². The van der Waals surface area contributed by atoms with Crippen molar-refractivity contribution in [2.45, 2.75) is 29.9 Å². The van der Waals surface area contributed by atoms with E-state index in [9.17, 15) is 9.59 Å². The van der Waals surface area contributed by atoms with Gasteiger partial charge in [-0.2, -0.15) is 11.3 Å². The monoisotopic (exact) mass is 473 g/mol. The van der Waals surface area contributed by atoms with Crippen LogP contribution in [0.4, 0.5) is 0 Å². The van der Waals surface area contributed by atoms with E-state index in [0.29, 0.717) is 19.4 Å². The molecule has 0 radical (unpaired) electrons. The van der Waals surface area contributed by atoms with Crippen molar-refractivity contribution in [2.24, 2.45) is 0 Å². The maximum atomic E-state index is 13.3. The van der Waals surface area contributed by atoms with E-state index in [1.54, 1.807) is 41.6 Å². The van der Waals surface area contributed by atoms with Crippen LogP contribution in [0.5, 0.6) is 0 Å². The number of rotatable bonds is 5. The topological polar surface area (TPSA) is 64.0 Å². The van der Waals surface area contributed by atoms with Gasteiger partial charge in [-0.1, -0.05) is 12.1 Å². The summed E-state index contributed by atoms with van der Waals surface area (Å²) in [6.07, 6.45) is 4.76. The zero-order valence-electron chi connectivity index (χ0n) is 18.2. The quantitative estimate of drug-likeness (QED) is 0.445. The summed E-state index contributed by atoms with van der Waals surface area (Å²) >= 11 is 3.45. The number of hydrogen-bond acceptors (Lipinski definition) is 5. The fraction of sp³-hybridized carbons (Fsp3) is 0.192. The highest BCUT2D eigenvalue weighted by Crippen LogP contribution is 2.44. The summed E-state index contributed by atoms with van der Waals surface area (Å²) in [5.41, 5.74) is 4.94. The lowest BCUT2D eigenvalue weighted by Gasteiger charge is -2.20. The van der Waals surface area contributed by atoms with E-state index in [0.717, 1.165) is 27.5 Å². The number of aromatic nitrogens is 2. The third-order valence-electron chi connectivity index (χ3n) is 5.84. The van der Waals surface area contributed by atoms with Gasteiger partial charge in [0.2, 0.25) is 0 Å². The van der Waals surface area contributed by atoms with Gasteiger partial charge in [0.1, 0.15) is 5.56 Å². The molecule has 1 atom stereocenters. The van der Waals surface area contributed by atoms with Crippen molar-refractivity contribution in [3.63, 3.8) is 0 Å². The number of aryl methyl sites for hydroxylation is 1. The second kappa shape index (κ2) is 9.37. The first-order valence-electron chi connectivity index (χ1n) is 10.8. The fourth-order valence-corrected chi connectivity index (χ4v) is 6.35. The van der Waals surface area contributed by atoms with Crippen molar-refractivity contribution in [3.8, 4) is 5.69 Å². The first-order chi connectivity index (χ1) is 16.1. The van der Waals surface area contributed by atoms with Crippen molar-refractivity contribution >= 4 is 29.0 Å². The van der Waals surface area contributed by atoms with Gasteiger partial charge >= 0.3 is 0 Å². The summed E-state index contributed by atoms with van der Waals surface area (Å²) < 4.78 is 2.09. The maximum absolute atomic E-state index is 13.3. The van der Waals surface area contributed by atoms with E-state index < -0.39 is 0 Å². The normalized spacial score (nSPS) is 14.8. The number of nitrogens with zero attached hydrogens (tertiary/aromatic N) is 2. The van der Waals surface area contributed by atoms with Crippen molar-refractivity contribution in [1.82, 2.24) is 14.9 Å². The van der Waals surface area contributed by atoms with Gasteiger partial charge in [0.15, 0.2) is 5.43 Å². The summed E-state index contributed by atoms with van der Waals surface area (Å²) in [4.78, 5) is 31.6. The molecule has 5 rings (SSSR count). The number of amides is 1. The van der Waals surface area contributed by atoms with Gasteiger partial charge in [-0.15, -0.1) is 11.8 Å². The summed E-state index contributed by atoms with van der Waals surface area (Å²) in [7, 11) is 0. The minimum atomic E-state index is -0.314. The summed E-state index contributed by atoms with van der Waals surface area (Å²) in [5.74, 6) is -0.314. The van der Waals surface area contributed by atoms with E-state index >= 15 is 0 Å². The van der Waals surface area contributed by atoms with Gasteiger partial charge in [0.25, 0.3) is 5.91 Å². The number of fused-ring (bicyclic) bond motifs is 3. The average Bonchev–Trinajstić information content (AvgIpc) is 3.29. The molecule has 0 saturated heterocycles. The molecule has 0 saturated carbocycles. The molecule has 1 amide bonds. The lowest BCUT2D eigenvalue weighted by molar-refractivity contribution is 0.0951. The Morgan fingerprint density at radius 1 is 1.18 bits per heavy atom. The molecule has 1 N–H and O–H groups in total. The van der Waals surface area contributed by atoms with Crippen molar-refractivity contribution < 1.29 is 4.79 Å². The van der Waals surface area contributed by atoms with E-state index in [1.165, 1.54) is 5.56 Å². The highest BCUT2D eigenvalue weighted by atomic mass is 32.2. The van der Waals surface area contributed by atoms with Crippen LogP contribution in [-0.4, -0.2) is 22.0 Å².